The van der Waals surface area contributed by atoms with Crippen molar-refractivity contribution in [3.63, 3.8) is 0 Å². The molecule has 19 heavy (non-hydrogen) atoms. The van der Waals surface area contributed by atoms with Gasteiger partial charge in [0.05, 0.1) is 11.5 Å². The van der Waals surface area contributed by atoms with Crippen molar-refractivity contribution < 1.29 is 9.90 Å². The summed E-state index contributed by atoms with van der Waals surface area (Å²) in [4.78, 5) is 12.5. The van der Waals surface area contributed by atoms with E-state index in [1.165, 1.54) is 0 Å². The number of aliphatic hydroxyl groups excluding tert-OH is 1. The summed E-state index contributed by atoms with van der Waals surface area (Å²) in [6.07, 6.45) is 5.16. The summed E-state index contributed by atoms with van der Waals surface area (Å²) in [5.41, 5.74) is 0.875. The molecular formula is C16H21NO2. The van der Waals surface area contributed by atoms with Crippen molar-refractivity contribution in [1.82, 2.24) is 5.32 Å². The van der Waals surface area contributed by atoms with Crippen LogP contribution in [-0.2, 0) is 10.2 Å². The van der Waals surface area contributed by atoms with Crippen LogP contribution >= 0.6 is 0 Å². The Labute approximate surface area is 114 Å². The molecule has 0 saturated heterocycles. The SMILES string of the molecule is O=C(NC1CCC(O)CC1)C1(c2ccccc2)CC1. The average molecular weight is 259 g/mol. The summed E-state index contributed by atoms with van der Waals surface area (Å²) in [6.45, 7) is 0. The van der Waals surface area contributed by atoms with Gasteiger partial charge in [0.2, 0.25) is 5.91 Å². The van der Waals surface area contributed by atoms with E-state index in [0.29, 0.717) is 0 Å². The highest BCUT2D eigenvalue weighted by Crippen LogP contribution is 2.48. The number of carbonyl (C=O) groups is 1. The second kappa shape index (κ2) is 4.97. The first kappa shape index (κ1) is 12.7. The van der Waals surface area contributed by atoms with Gasteiger partial charge >= 0.3 is 0 Å². The fraction of sp³-hybridized carbons (Fsp3) is 0.562. The maximum atomic E-state index is 12.5. The number of aliphatic hydroxyl groups is 1. The van der Waals surface area contributed by atoms with E-state index in [4.69, 9.17) is 0 Å². The van der Waals surface area contributed by atoms with Crippen LogP contribution in [0.25, 0.3) is 0 Å². The number of rotatable bonds is 3. The number of hydrogen-bond acceptors (Lipinski definition) is 2. The van der Waals surface area contributed by atoms with Crippen LogP contribution in [0.15, 0.2) is 30.3 Å². The fourth-order valence-corrected chi connectivity index (χ4v) is 3.07. The van der Waals surface area contributed by atoms with E-state index in [-0.39, 0.29) is 23.5 Å². The molecule has 1 amide bonds. The standard InChI is InChI=1S/C16H21NO2/c18-14-8-6-13(7-9-14)17-15(19)16(10-11-16)12-4-2-1-3-5-12/h1-5,13-14,18H,6-11H2,(H,17,19). The normalized spacial score (nSPS) is 28.7. The molecule has 102 valence electrons. The Morgan fingerprint density at radius 1 is 1.11 bits per heavy atom. The van der Waals surface area contributed by atoms with Gasteiger partial charge in [-0.05, 0) is 44.1 Å². The third kappa shape index (κ3) is 2.52. The second-order valence-electron chi connectivity index (χ2n) is 5.93. The van der Waals surface area contributed by atoms with Crippen LogP contribution < -0.4 is 5.32 Å². The molecule has 1 aromatic carbocycles. The third-order valence-corrected chi connectivity index (χ3v) is 4.54. The molecule has 0 radical (unpaired) electrons. The van der Waals surface area contributed by atoms with E-state index in [1.54, 1.807) is 0 Å². The van der Waals surface area contributed by atoms with E-state index in [1.807, 2.05) is 18.2 Å². The molecule has 2 saturated carbocycles. The van der Waals surface area contributed by atoms with Crippen molar-refractivity contribution in [2.45, 2.75) is 56.1 Å². The first-order chi connectivity index (χ1) is 9.21. The highest BCUT2D eigenvalue weighted by Gasteiger charge is 2.51. The van der Waals surface area contributed by atoms with Crippen LogP contribution in [0.2, 0.25) is 0 Å². The molecule has 0 atom stereocenters. The molecule has 0 heterocycles. The van der Waals surface area contributed by atoms with Crippen LogP contribution in [-0.4, -0.2) is 23.2 Å². The van der Waals surface area contributed by atoms with Crippen molar-refractivity contribution in [1.29, 1.82) is 0 Å². The molecule has 2 aliphatic rings. The number of amides is 1. The molecule has 0 bridgehead atoms. The van der Waals surface area contributed by atoms with Gasteiger partial charge in [-0.1, -0.05) is 30.3 Å². The molecule has 0 aromatic heterocycles. The minimum atomic E-state index is -0.267. The zero-order chi connectivity index (χ0) is 13.3. The van der Waals surface area contributed by atoms with Gasteiger partial charge in [-0.2, -0.15) is 0 Å². The van der Waals surface area contributed by atoms with Gasteiger partial charge < -0.3 is 10.4 Å². The van der Waals surface area contributed by atoms with Gasteiger partial charge in [-0.3, -0.25) is 4.79 Å². The van der Waals surface area contributed by atoms with Crippen molar-refractivity contribution in [3.05, 3.63) is 35.9 Å². The van der Waals surface area contributed by atoms with Gasteiger partial charge in [0.1, 0.15) is 0 Å². The predicted octanol–water partition coefficient (Wildman–Crippen LogP) is 2.14. The van der Waals surface area contributed by atoms with Gasteiger partial charge in [-0.25, -0.2) is 0 Å². The summed E-state index contributed by atoms with van der Waals surface area (Å²) in [5.74, 6) is 0.181. The number of benzene rings is 1. The number of carbonyl (C=O) groups excluding carboxylic acids is 1. The minimum absolute atomic E-state index is 0.169. The van der Waals surface area contributed by atoms with Crippen molar-refractivity contribution in [2.75, 3.05) is 0 Å². The molecule has 0 spiro atoms. The molecule has 0 aliphatic heterocycles. The van der Waals surface area contributed by atoms with E-state index >= 15 is 0 Å². The Kier molecular flexibility index (Phi) is 3.31. The molecule has 2 N–H and O–H groups in total. The zero-order valence-corrected chi connectivity index (χ0v) is 11.1. The van der Waals surface area contributed by atoms with E-state index < -0.39 is 0 Å². The minimum Gasteiger partial charge on any atom is -0.393 e. The number of hydrogen-bond donors (Lipinski definition) is 2. The average Bonchev–Trinajstić information content (AvgIpc) is 3.24. The van der Waals surface area contributed by atoms with Gasteiger partial charge in [0, 0.05) is 6.04 Å². The molecule has 2 fully saturated rings. The Balaban J connectivity index is 1.65. The topological polar surface area (TPSA) is 49.3 Å². The van der Waals surface area contributed by atoms with E-state index in [0.717, 1.165) is 44.1 Å². The lowest BCUT2D eigenvalue weighted by Crippen LogP contribution is -2.43. The maximum Gasteiger partial charge on any atom is 0.230 e. The fourth-order valence-electron chi connectivity index (χ4n) is 3.07. The lowest BCUT2D eigenvalue weighted by atomic mass is 9.90. The molecule has 1 aromatic rings. The second-order valence-corrected chi connectivity index (χ2v) is 5.93. The Hall–Kier alpha value is -1.35. The molecule has 0 unspecified atom stereocenters. The maximum absolute atomic E-state index is 12.5. The lowest BCUT2D eigenvalue weighted by Gasteiger charge is -2.28. The van der Waals surface area contributed by atoms with Gasteiger partial charge in [-0.15, -0.1) is 0 Å². The Morgan fingerprint density at radius 2 is 1.74 bits per heavy atom. The van der Waals surface area contributed by atoms with Crippen LogP contribution in [0.5, 0.6) is 0 Å². The largest absolute Gasteiger partial charge is 0.393 e. The predicted molar refractivity (Wildman–Crippen MR) is 73.8 cm³/mol. The summed E-state index contributed by atoms with van der Waals surface area (Å²) < 4.78 is 0. The summed E-state index contributed by atoms with van der Waals surface area (Å²) in [7, 11) is 0. The van der Waals surface area contributed by atoms with Crippen LogP contribution in [0.3, 0.4) is 0 Å². The van der Waals surface area contributed by atoms with Crippen LogP contribution in [0.4, 0.5) is 0 Å². The number of nitrogens with one attached hydrogen (secondary N) is 1. The molecule has 2 aliphatic carbocycles. The van der Waals surface area contributed by atoms with Crippen LogP contribution in [0.1, 0.15) is 44.1 Å². The van der Waals surface area contributed by atoms with Gasteiger partial charge in [0.25, 0.3) is 0 Å². The van der Waals surface area contributed by atoms with Crippen molar-refractivity contribution >= 4 is 5.91 Å². The summed E-state index contributed by atoms with van der Waals surface area (Å²) in [5, 5.41) is 12.7. The van der Waals surface area contributed by atoms with Crippen LogP contribution in [0, 0.1) is 0 Å². The molecule has 3 nitrogen and oxygen atoms in total. The summed E-state index contributed by atoms with van der Waals surface area (Å²) >= 11 is 0. The first-order valence-electron chi connectivity index (χ1n) is 7.25. The first-order valence-corrected chi connectivity index (χ1v) is 7.25. The third-order valence-electron chi connectivity index (χ3n) is 4.54. The quantitative estimate of drug-likeness (QED) is 0.873. The van der Waals surface area contributed by atoms with Gasteiger partial charge in [0.15, 0.2) is 0 Å². The highest BCUT2D eigenvalue weighted by atomic mass is 16.3. The van der Waals surface area contributed by atoms with Crippen molar-refractivity contribution in [3.8, 4) is 0 Å². The van der Waals surface area contributed by atoms with E-state index in [9.17, 15) is 9.90 Å². The van der Waals surface area contributed by atoms with Crippen molar-refractivity contribution in [2.24, 2.45) is 0 Å². The van der Waals surface area contributed by atoms with E-state index in [2.05, 4.69) is 17.4 Å². The smallest absolute Gasteiger partial charge is 0.230 e. The summed E-state index contributed by atoms with van der Waals surface area (Å²) in [6, 6.07) is 10.3. The highest BCUT2D eigenvalue weighted by molar-refractivity contribution is 5.91. The molecule has 3 heteroatoms. The zero-order valence-electron chi connectivity index (χ0n) is 11.1. The monoisotopic (exact) mass is 259 g/mol. The lowest BCUT2D eigenvalue weighted by molar-refractivity contribution is -0.124. The Morgan fingerprint density at radius 3 is 2.32 bits per heavy atom. The molecular weight excluding hydrogens is 238 g/mol. The Bertz CT molecular complexity index is 445. The molecule has 3 rings (SSSR count).